The number of hydrogen-bond acceptors (Lipinski definition) is 5. The van der Waals surface area contributed by atoms with Crippen LogP contribution in [0.15, 0.2) is 36.5 Å². The Morgan fingerprint density at radius 2 is 2.20 bits per heavy atom. The first-order chi connectivity index (χ1) is 12.2. The van der Waals surface area contributed by atoms with Crippen LogP contribution in [0.5, 0.6) is 0 Å². The molecule has 1 aromatic heterocycles. The second kappa shape index (κ2) is 8.07. The highest BCUT2D eigenvalue weighted by Crippen LogP contribution is 2.20. The number of pyridine rings is 1. The minimum absolute atomic E-state index is 0.0229. The molecule has 3 rings (SSSR count). The van der Waals surface area contributed by atoms with Gasteiger partial charge in [-0.05, 0) is 31.0 Å². The van der Waals surface area contributed by atoms with Gasteiger partial charge in [-0.25, -0.2) is 0 Å². The number of aromatic nitrogens is 1. The maximum absolute atomic E-state index is 13.1. The zero-order valence-electron chi connectivity index (χ0n) is 14.3. The van der Waals surface area contributed by atoms with Gasteiger partial charge >= 0.3 is 5.97 Å². The van der Waals surface area contributed by atoms with Gasteiger partial charge in [-0.3, -0.25) is 14.6 Å². The van der Waals surface area contributed by atoms with Crippen LogP contribution in [0.3, 0.4) is 0 Å². The Morgan fingerprint density at radius 3 is 2.96 bits per heavy atom. The number of fused-ring (bicyclic) bond motifs is 1. The Labute approximate surface area is 146 Å². The fraction of sp³-hybridized carbons (Fsp3) is 0.421. The third-order valence-electron chi connectivity index (χ3n) is 4.42. The summed E-state index contributed by atoms with van der Waals surface area (Å²) in [6.07, 6.45) is 3.83. The highest BCUT2D eigenvalue weighted by Gasteiger charge is 2.25. The van der Waals surface area contributed by atoms with Crippen LogP contribution in [-0.2, 0) is 14.3 Å². The summed E-state index contributed by atoms with van der Waals surface area (Å²) in [7, 11) is 1.35. The van der Waals surface area contributed by atoms with Crippen LogP contribution in [0, 0.1) is 0 Å². The highest BCUT2D eigenvalue weighted by atomic mass is 16.5. The molecule has 1 unspecified atom stereocenters. The highest BCUT2D eigenvalue weighted by molar-refractivity contribution is 6.06. The lowest BCUT2D eigenvalue weighted by Crippen LogP contribution is -2.39. The van der Waals surface area contributed by atoms with Crippen molar-refractivity contribution in [1.29, 1.82) is 0 Å². The Kier molecular flexibility index (Phi) is 5.60. The molecule has 1 aromatic carbocycles. The average Bonchev–Trinajstić information content (AvgIpc) is 3.17. The Bertz CT molecular complexity index is 751. The van der Waals surface area contributed by atoms with E-state index in [1.807, 2.05) is 24.3 Å². The number of methoxy groups -OCH3 is 1. The molecule has 2 aromatic rings. The number of amides is 1. The van der Waals surface area contributed by atoms with Crippen LogP contribution in [0.25, 0.3) is 10.9 Å². The van der Waals surface area contributed by atoms with Crippen molar-refractivity contribution in [2.24, 2.45) is 0 Å². The number of carbonyl (C=O) groups excluding carboxylic acids is 2. The number of esters is 1. The molecule has 1 atom stereocenters. The van der Waals surface area contributed by atoms with E-state index in [2.05, 4.69) is 4.98 Å². The number of hydrogen-bond donors (Lipinski definition) is 0. The summed E-state index contributed by atoms with van der Waals surface area (Å²) in [5.41, 5.74) is 1.37. The van der Waals surface area contributed by atoms with E-state index < -0.39 is 0 Å². The number of ether oxygens (including phenoxy) is 2. The summed E-state index contributed by atoms with van der Waals surface area (Å²) in [6.45, 7) is 1.51. The topological polar surface area (TPSA) is 68.7 Å². The van der Waals surface area contributed by atoms with E-state index in [1.165, 1.54) is 7.11 Å². The van der Waals surface area contributed by atoms with Gasteiger partial charge in [-0.2, -0.15) is 0 Å². The van der Waals surface area contributed by atoms with Crippen LogP contribution in [0.2, 0.25) is 0 Å². The first-order valence-corrected chi connectivity index (χ1v) is 8.50. The second-order valence-electron chi connectivity index (χ2n) is 6.09. The fourth-order valence-corrected chi connectivity index (χ4v) is 3.10. The molecule has 0 aliphatic carbocycles. The molecule has 0 saturated carbocycles. The lowest BCUT2D eigenvalue weighted by molar-refractivity contribution is -0.140. The first-order valence-electron chi connectivity index (χ1n) is 8.50. The minimum atomic E-state index is -0.329. The molecule has 0 N–H and O–H groups in total. The van der Waals surface area contributed by atoms with Crippen LogP contribution in [0.4, 0.5) is 0 Å². The van der Waals surface area contributed by atoms with E-state index >= 15 is 0 Å². The van der Waals surface area contributed by atoms with Crippen molar-refractivity contribution in [2.45, 2.75) is 25.4 Å². The molecule has 1 aliphatic rings. The molecule has 0 bridgehead atoms. The average molecular weight is 342 g/mol. The van der Waals surface area contributed by atoms with Crippen molar-refractivity contribution < 1.29 is 19.1 Å². The van der Waals surface area contributed by atoms with Crippen LogP contribution in [0.1, 0.15) is 29.6 Å². The number of benzene rings is 1. The number of nitrogens with zero attached hydrogens (tertiary/aromatic N) is 2. The molecule has 0 radical (unpaired) electrons. The molecule has 1 aliphatic heterocycles. The Balaban J connectivity index is 1.84. The first kappa shape index (κ1) is 17.4. The van der Waals surface area contributed by atoms with Gasteiger partial charge < -0.3 is 14.4 Å². The number of carbonyl (C=O) groups is 2. The summed E-state index contributed by atoms with van der Waals surface area (Å²) in [5, 5.41) is 0.811. The van der Waals surface area contributed by atoms with Gasteiger partial charge in [0, 0.05) is 36.8 Å². The largest absolute Gasteiger partial charge is 0.469 e. The molecule has 1 amide bonds. The normalized spacial score (nSPS) is 16.8. The van der Waals surface area contributed by atoms with E-state index in [9.17, 15) is 9.59 Å². The summed E-state index contributed by atoms with van der Waals surface area (Å²) in [6, 6.07) is 9.21. The zero-order valence-corrected chi connectivity index (χ0v) is 14.3. The zero-order chi connectivity index (χ0) is 17.6. The molecule has 2 heterocycles. The monoisotopic (exact) mass is 342 g/mol. The summed E-state index contributed by atoms with van der Waals surface area (Å²) >= 11 is 0. The molecule has 1 fully saturated rings. The van der Waals surface area contributed by atoms with E-state index in [4.69, 9.17) is 9.47 Å². The smallest absolute Gasteiger partial charge is 0.307 e. The van der Waals surface area contributed by atoms with Crippen molar-refractivity contribution in [3.8, 4) is 0 Å². The predicted octanol–water partition coefficient (Wildman–Crippen LogP) is 2.42. The minimum Gasteiger partial charge on any atom is -0.469 e. The predicted molar refractivity (Wildman–Crippen MR) is 93.3 cm³/mol. The second-order valence-corrected chi connectivity index (χ2v) is 6.09. The molecule has 25 heavy (non-hydrogen) atoms. The van der Waals surface area contributed by atoms with Gasteiger partial charge in [0.05, 0.1) is 25.2 Å². The molecule has 1 saturated heterocycles. The standard InChI is InChI=1S/C19H22N2O4/c1-24-18(22)9-11-21(13-14-5-4-12-25-14)19(23)16-6-2-8-17-15(16)7-3-10-20-17/h2-3,6-8,10,14H,4-5,9,11-13H2,1H3. The van der Waals surface area contributed by atoms with Crippen LogP contribution in [-0.4, -0.2) is 54.7 Å². The van der Waals surface area contributed by atoms with Crippen molar-refractivity contribution in [2.75, 3.05) is 26.8 Å². The van der Waals surface area contributed by atoms with Gasteiger partial charge in [0.1, 0.15) is 0 Å². The maximum Gasteiger partial charge on any atom is 0.307 e. The van der Waals surface area contributed by atoms with Crippen LogP contribution >= 0.6 is 0 Å². The Hall–Kier alpha value is -2.47. The SMILES string of the molecule is COC(=O)CCN(CC1CCCO1)C(=O)c1cccc2ncccc12. The molecule has 132 valence electrons. The van der Waals surface area contributed by atoms with Crippen molar-refractivity contribution in [1.82, 2.24) is 9.88 Å². The van der Waals surface area contributed by atoms with E-state index in [1.54, 1.807) is 17.2 Å². The summed E-state index contributed by atoms with van der Waals surface area (Å²) in [4.78, 5) is 30.7. The lowest BCUT2D eigenvalue weighted by atomic mass is 10.1. The number of rotatable bonds is 6. The Morgan fingerprint density at radius 1 is 1.32 bits per heavy atom. The van der Waals surface area contributed by atoms with E-state index in [-0.39, 0.29) is 24.4 Å². The van der Waals surface area contributed by atoms with Crippen molar-refractivity contribution in [3.05, 3.63) is 42.1 Å². The molecular weight excluding hydrogens is 320 g/mol. The quantitative estimate of drug-likeness (QED) is 0.754. The van der Waals surface area contributed by atoms with Gasteiger partial charge in [0.15, 0.2) is 0 Å². The van der Waals surface area contributed by atoms with E-state index in [0.29, 0.717) is 18.7 Å². The molecule has 6 heteroatoms. The van der Waals surface area contributed by atoms with Crippen molar-refractivity contribution in [3.63, 3.8) is 0 Å². The van der Waals surface area contributed by atoms with Gasteiger partial charge in [0.2, 0.25) is 0 Å². The molecule has 0 spiro atoms. The van der Waals surface area contributed by atoms with E-state index in [0.717, 1.165) is 30.4 Å². The maximum atomic E-state index is 13.1. The summed E-state index contributed by atoms with van der Waals surface area (Å²) in [5.74, 6) is -0.442. The van der Waals surface area contributed by atoms with Gasteiger partial charge in [-0.1, -0.05) is 12.1 Å². The lowest BCUT2D eigenvalue weighted by Gasteiger charge is -2.25. The van der Waals surface area contributed by atoms with Crippen molar-refractivity contribution >= 4 is 22.8 Å². The molecule has 6 nitrogen and oxygen atoms in total. The third-order valence-corrected chi connectivity index (χ3v) is 4.42. The molecular formula is C19H22N2O4. The fourth-order valence-electron chi connectivity index (χ4n) is 3.10. The third kappa shape index (κ3) is 4.14. The summed E-state index contributed by atoms with van der Waals surface area (Å²) < 4.78 is 10.4. The van der Waals surface area contributed by atoms with Gasteiger partial charge in [-0.15, -0.1) is 0 Å². The van der Waals surface area contributed by atoms with Gasteiger partial charge in [0.25, 0.3) is 5.91 Å². The van der Waals surface area contributed by atoms with Crippen LogP contribution < -0.4 is 0 Å².